The summed E-state index contributed by atoms with van der Waals surface area (Å²) >= 11 is 1.38. The zero-order chi connectivity index (χ0) is 2.00. The average Bonchev–Trinajstić information content (AvgIpc) is 1.00. The molecular weight excluding hydrogens is 196 g/mol. The molecule has 0 nitrogen and oxygen atoms in total. The van der Waals surface area contributed by atoms with Crippen LogP contribution in [0.1, 0.15) is 0 Å². The summed E-state index contributed by atoms with van der Waals surface area (Å²) in [5.41, 5.74) is 0. The van der Waals surface area contributed by atoms with Crippen molar-refractivity contribution in [2.75, 3.05) is 0 Å². The van der Waals surface area contributed by atoms with Gasteiger partial charge in [-0.1, -0.05) is 0 Å². The molecule has 0 spiro atoms. The standard InChI is InChI=1S/BH2.Ca.Fe.Mg.Zn.4H/h1H2;;;;;;;;/q+1;;;;-1;;;;. The smallest absolute Gasteiger partial charge is 0 e. The Morgan fingerprint density at radius 2 is 1.20 bits per heavy atom. The van der Waals surface area contributed by atoms with Gasteiger partial charge in [-0.25, -0.2) is 0 Å². The Balaban J connectivity index is -0.00000000167. The second-order valence-electron chi connectivity index (χ2n) is 0. The van der Waals surface area contributed by atoms with Gasteiger partial charge in [0.15, 0.2) is 0 Å². The molecule has 0 saturated heterocycles. The first-order chi connectivity index (χ1) is 1.00. The van der Waals surface area contributed by atoms with E-state index < -0.39 is 0 Å². The maximum absolute atomic E-state index is 2.12. The fourth-order valence-corrected chi connectivity index (χ4v) is 0. The molecule has 0 radical (unpaired) electrons. The molecule has 0 aromatic heterocycles. The SMILES string of the molecule is [BH2][Zn].[CaH2].[Fe].[MgH2]. The molecule has 0 unspecified atom stereocenters. The van der Waals surface area contributed by atoms with Gasteiger partial charge in [-0.05, 0) is 0 Å². The fourth-order valence-electron chi connectivity index (χ4n) is 0. The van der Waals surface area contributed by atoms with Crippen LogP contribution in [0.2, 0.25) is 0 Å². The van der Waals surface area contributed by atoms with Crippen molar-refractivity contribution in [3.05, 3.63) is 0 Å². The van der Waals surface area contributed by atoms with Crippen molar-refractivity contribution in [3.8, 4) is 0 Å². The van der Waals surface area contributed by atoms with Gasteiger partial charge in [0.2, 0.25) is 0 Å². The van der Waals surface area contributed by atoms with Crippen LogP contribution in [0.15, 0.2) is 0 Å². The predicted molar refractivity (Wildman–Crippen MR) is 25.6 cm³/mol. The molecule has 0 heterocycles. The zero-order valence-corrected chi connectivity index (χ0v) is 6.13. The zero-order valence-electron chi connectivity index (χ0n) is 2.06. The second kappa shape index (κ2) is 26.9. The van der Waals surface area contributed by atoms with Gasteiger partial charge >= 0.3 is 85.2 Å². The second-order valence-corrected chi connectivity index (χ2v) is 0. The van der Waals surface area contributed by atoms with Gasteiger partial charge in [-0.3, -0.25) is 0 Å². The summed E-state index contributed by atoms with van der Waals surface area (Å²) in [4.78, 5) is 0. The van der Waals surface area contributed by atoms with Gasteiger partial charge in [0.25, 0.3) is 0 Å². The van der Waals surface area contributed by atoms with Crippen molar-refractivity contribution in [1.29, 1.82) is 0 Å². The van der Waals surface area contributed by atoms with Gasteiger partial charge < -0.3 is 0 Å². The van der Waals surface area contributed by atoms with Gasteiger partial charge in [-0.15, -0.1) is 0 Å². The molecule has 23 valence electrons. The van der Waals surface area contributed by atoms with Crippen LogP contribution in [0.3, 0.4) is 0 Å². The first-order valence-electron chi connectivity index (χ1n) is 0.707. The topological polar surface area (TPSA) is 0 Å². The van der Waals surface area contributed by atoms with E-state index in [0.717, 1.165) is 0 Å². The molecule has 0 aliphatic carbocycles. The molecule has 0 atom stereocenters. The summed E-state index contributed by atoms with van der Waals surface area (Å²) in [5.74, 6) is 0. The molecule has 0 N–H and O–H groups in total. The monoisotopic (exact) mass is 201 g/mol. The van der Waals surface area contributed by atoms with E-state index in [-0.39, 0.29) is 77.9 Å². The van der Waals surface area contributed by atoms with E-state index in [0.29, 0.717) is 0 Å². The first-order valence-corrected chi connectivity index (χ1v) is 3.67. The van der Waals surface area contributed by atoms with Crippen LogP contribution >= 0.6 is 0 Å². The van der Waals surface area contributed by atoms with Crippen molar-refractivity contribution in [2.45, 2.75) is 0 Å². The number of hydrogen-bond acceptors (Lipinski definition) is 0. The molecule has 0 bridgehead atoms. The first kappa shape index (κ1) is 24.0. The number of hydrogen-bond donors (Lipinski definition) is 0. The Bertz CT molecular complexity index is 11.6. The largest absolute Gasteiger partial charge is 0.316 e. The van der Waals surface area contributed by atoms with E-state index in [1.807, 2.05) is 0 Å². The Morgan fingerprint density at radius 3 is 1.20 bits per heavy atom. The van der Waals surface area contributed by atoms with Crippen molar-refractivity contribution < 1.29 is 35.2 Å². The van der Waals surface area contributed by atoms with Crippen LogP contribution in [0.4, 0.5) is 0 Å². The normalized spacial score (nSPS) is 1.20. The fraction of sp³-hybridized carbons (Fsp3) is 0. The Morgan fingerprint density at radius 1 is 1.20 bits per heavy atom. The van der Waals surface area contributed by atoms with Gasteiger partial charge in [0.1, 0.15) is 0 Å². The van der Waals surface area contributed by atoms with Crippen molar-refractivity contribution in [2.24, 2.45) is 0 Å². The Kier molecular flexibility index (Phi) is 129. The quantitative estimate of drug-likeness (QED) is 0.374. The number of rotatable bonds is 0. The Labute approximate surface area is 100 Å². The van der Waals surface area contributed by atoms with E-state index in [9.17, 15) is 0 Å². The van der Waals surface area contributed by atoms with Crippen molar-refractivity contribution in [3.63, 3.8) is 0 Å². The molecule has 0 rings (SSSR count). The van der Waals surface area contributed by atoms with Crippen LogP contribution < -0.4 is 0 Å². The summed E-state index contributed by atoms with van der Waals surface area (Å²) in [5, 5.41) is 0. The molecule has 0 aromatic carbocycles. The minimum absolute atomic E-state index is 0. The predicted octanol–water partition coefficient (Wildman–Crippen LogP) is -2.75. The maximum Gasteiger partial charge on any atom is 0.316 e. The molecule has 0 saturated carbocycles. The third-order valence-electron chi connectivity index (χ3n) is 0. The van der Waals surface area contributed by atoms with Crippen LogP contribution in [0, 0.1) is 0 Å². The van der Waals surface area contributed by atoms with Crippen LogP contribution in [-0.2, 0) is 35.2 Å². The minimum atomic E-state index is 0. The molecule has 0 aliphatic heterocycles. The van der Waals surface area contributed by atoms with E-state index in [1.165, 1.54) is 18.1 Å². The summed E-state index contributed by atoms with van der Waals surface area (Å²) in [6, 6.07) is 0. The maximum atomic E-state index is 2.12. The summed E-state index contributed by atoms with van der Waals surface area (Å²) in [6.07, 6.45) is 2.12. The van der Waals surface area contributed by atoms with E-state index in [2.05, 4.69) is 6.33 Å². The third kappa shape index (κ3) is 18.9. The molecule has 0 aliphatic rings. The summed E-state index contributed by atoms with van der Waals surface area (Å²) in [7, 11) is 0. The summed E-state index contributed by atoms with van der Waals surface area (Å²) in [6.45, 7) is 0. The average molecular weight is 202 g/mol. The molecule has 5 heteroatoms. The Hall–Kier alpha value is 3.23. The van der Waals surface area contributed by atoms with Gasteiger partial charge in [-0.2, -0.15) is 0 Å². The van der Waals surface area contributed by atoms with Crippen LogP contribution in [0.5, 0.6) is 0 Å². The van der Waals surface area contributed by atoms with E-state index in [4.69, 9.17) is 0 Å². The molecule has 0 amide bonds. The van der Waals surface area contributed by atoms with Gasteiger partial charge in [0.05, 0.1) is 0 Å². The van der Waals surface area contributed by atoms with Crippen molar-refractivity contribution in [1.82, 2.24) is 0 Å². The molecular formula is H6BCaFeMgZn. The third-order valence-corrected chi connectivity index (χ3v) is 0. The van der Waals surface area contributed by atoms with E-state index in [1.54, 1.807) is 0 Å². The van der Waals surface area contributed by atoms with Crippen molar-refractivity contribution >= 4 is 67.1 Å². The molecule has 0 aromatic rings. The molecule has 0 fully saturated rings. The van der Waals surface area contributed by atoms with Crippen LogP contribution in [-0.4, -0.2) is 67.1 Å². The van der Waals surface area contributed by atoms with Gasteiger partial charge in [0, 0.05) is 17.1 Å². The van der Waals surface area contributed by atoms with Crippen LogP contribution in [0.25, 0.3) is 0 Å². The van der Waals surface area contributed by atoms with E-state index >= 15 is 0 Å². The molecule has 5 heavy (non-hydrogen) atoms. The summed E-state index contributed by atoms with van der Waals surface area (Å²) < 4.78 is 0. The minimum Gasteiger partial charge on any atom is 0 e.